The van der Waals surface area contributed by atoms with Gasteiger partial charge in [0.2, 0.25) is 5.88 Å². The van der Waals surface area contributed by atoms with Gasteiger partial charge in [0.05, 0.1) is 6.61 Å². The molecule has 1 fully saturated rings. The summed E-state index contributed by atoms with van der Waals surface area (Å²) < 4.78 is 5.75. The molecule has 1 aliphatic carbocycles. The van der Waals surface area contributed by atoms with Crippen molar-refractivity contribution in [2.45, 2.75) is 46.0 Å². The van der Waals surface area contributed by atoms with Gasteiger partial charge in [-0.05, 0) is 24.7 Å². The molecular formula is C14H23N3O. The zero-order valence-electron chi connectivity index (χ0n) is 11.8. The van der Waals surface area contributed by atoms with Crippen molar-refractivity contribution in [2.75, 3.05) is 19.0 Å². The van der Waals surface area contributed by atoms with Gasteiger partial charge in [0, 0.05) is 19.0 Å². The Morgan fingerprint density at radius 2 is 2.06 bits per heavy atom. The third-order valence-electron chi connectivity index (χ3n) is 3.02. The Bertz CT molecular complexity index is 408. The predicted octanol–water partition coefficient (Wildman–Crippen LogP) is 3.21. The van der Waals surface area contributed by atoms with Crippen LogP contribution in [-0.4, -0.2) is 23.6 Å². The Labute approximate surface area is 109 Å². The van der Waals surface area contributed by atoms with Crippen LogP contribution in [0.1, 0.15) is 51.8 Å². The van der Waals surface area contributed by atoms with Crippen LogP contribution in [0.3, 0.4) is 0 Å². The van der Waals surface area contributed by atoms with Crippen molar-refractivity contribution in [3.63, 3.8) is 0 Å². The van der Waals surface area contributed by atoms with Crippen LogP contribution in [0.15, 0.2) is 6.07 Å². The molecule has 0 spiro atoms. The van der Waals surface area contributed by atoms with Crippen LogP contribution >= 0.6 is 0 Å². The summed E-state index contributed by atoms with van der Waals surface area (Å²) in [6.45, 7) is 7.34. The van der Waals surface area contributed by atoms with E-state index in [1.54, 1.807) is 0 Å². The summed E-state index contributed by atoms with van der Waals surface area (Å²) in [5.74, 6) is 3.01. The summed E-state index contributed by atoms with van der Waals surface area (Å²) in [6, 6.07) is 1.87. The topological polar surface area (TPSA) is 47.0 Å². The summed E-state index contributed by atoms with van der Waals surface area (Å²) in [4.78, 5) is 8.96. The lowest BCUT2D eigenvalue weighted by Crippen LogP contribution is -2.12. The summed E-state index contributed by atoms with van der Waals surface area (Å²) >= 11 is 0. The van der Waals surface area contributed by atoms with Crippen LogP contribution < -0.4 is 10.1 Å². The standard InChI is InChI=1S/C14H23N3O/c1-14(2,3)7-8-18-12-9-11(15-4)16-13(17-12)10-5-6-10/h9-10H,5-8H2,1-4H3,(H,15,16,17). The molecule has 1 heterocycles. The monoisotopic (exact) mass is 249 g/mol. The Hall–Kier alpha value is -1.32. The van der Waals surface area contributed by atoms with Crippen LogP contribution in [0.5, 0.6) is 5.88 Å². The van der Waals surface area contributed by atoms with E-state index in [1.165, 1.54) is 12.8 Å². The summed E-state index contributed by atoms with van der Waals surface area (Å²) in [5, 5.41) is 3.07. The summed E-state index contributed by atoms with van der Waals surface area (Å²) in [6.07, 6.45) is 3.42. The minimum atomic E-state index is 0.290. The van der Waals surface area contributed by atoms with Crippen molar-refractivity contribution in [2.24, 2.45) is 5.41 Å². The lowest BCUT2D eigenvalue weighted by atomic mass is 9.93. The molecule has 18 heavy (non-hydrogen) atoms. The summed E-state index contributed by atoms with van der Waals surface area (Å²) in [7, 11) is 1.87. The Morgan fingerprint density at radius 1 is 1.33 bits per heavy atom. The van der Waals surface area contributed by atoms with Gasteiger partial charge in [-0.3, -0.25) is 0 Å². The highest BCUT2D eigenvalue weighted by molar-refractivity contribution is 5.38. The molecule has 4 nitrogen and oxygen atoms in total. The zero-order valence-corrected chi connectivity index (χ0v) is 11.8. The molecule has 0 aliphatic heterocycles. The average Bonchev–Trinajstić information content (AvgIpc) is 3.10. The van der Waals surface area contributed by atoms with Gasteiger partial charge < -0.3 is 10.1 Å². The minimum Gasteiger partial charge on any atom is -0.478 e. The lowest BCUT2D eigenvalue weighted by Gasteiger charge is -2.18. The number of aromatic nitrogens is 2. The fourth-order valence-corrected chi connectivity index (χ4v) is 1.63. The van der Waals surface area contributed by atoms with Gasteiger partial charge in [0.25, 0.3) is 0 Å². The van der Waals surface area contributed by atoms with Crippen LogP contribution in [0, 0.1) is 5.41 Å². The van der Waals surface area contributed by atoms with E-state index in [-0.39, 0.29) is 5.41 Å². The molecule has 0 radical (unpaired) electrons. The minimum absolute atomic E-state index is 0.290. The maximum absolute atomic E-state index is 5.75. The van der Waals surface area contributed by atoms with Gasteiger partial charge >= 0.3 is 0 Å². The van der Waals surface area contributed by atoms with Gasteiger partial charge in [0.15, 0.2) is 0 Å². The molecule has 0 aromatic carbocycles. The van der Waals surface area contributed by atoms with Crippen molar-refractivity contribution < 1.29 is 4.74 Å². The first-order chi connectivity index (χ1) is 8.48. The second kappa shape index (κ2) is 5.12. The molecule has 1 saturated carbocycles. The Kier molecular flexibility index (Phi) is 3.73. The lowest BCUT2D eigenvalue weighted by molar-refractivity contribution is 0.235. The maximum atomic E-state index is 5.75. The average molecular weight is 249 g/mol. The van der Waals surface area contributed by atoms with Crippen molar-refractivity contribution in [1.82, 2.24) is 9.97 Å². The van der Waals surface area contributed by atoms with Crippen molar-refractivity contribution >= 4 is 5.82 Å². The van der Waals surface area contributed by atoms with Crippen LogP contribution in [-0.2, 0) is 0 Å². The molecule has 4 heteroatoms. The fraction of sp³-hybridized carbons (Fsp3) is 0.714. The molecule has 0 saturated heterocycles. The van der Waals surface area contributed by atoms with Gasteiger partial charge in [-0.2, -0.15) is 4.98 Å². The fourth-order valence-electron chi connectivity index (χ4n) is 1.63. The molecular weight excluding hydrogens is 226 g/mol. The number of ether oxygens (including phenoxy) is 1. The van der Waals surface area contributed by atoms with Crippen LogP contribution in [0.2, 0.25) is 0 Å². The molecule has 0 atom stereocenters. The maximum Gasteiger partial charge on any atom is 0.218 e. The first-order valence-corrected chi connectivity index (χ1v) is 6.67. The van der Waals surface area contributed by atoms with E-state index in [4.69, 9.17) is 4.74 Å². The zero-order chi connectivity index (χ0) is 13.2. The predicted molar refractivity (Wildman–Crippen MR) is 73.1 cm³/mol. The van der Waals surface area contributed by atoms with E-state index in [0.29, 0.717) is 18.4 Å². The van der Waals surface area contributed by atoms with Gasteiger partial charge in [-0.25, -0.2) is 4.98 Å². The molecule has 1 aromatic rings. The number of anilines is 1. The third-order valence-corrected chi connectivity index (χ3v) is 3.02. The smallest absolute Gasteiger partial charge is 0.218 e. The van der Waals surface area contributed by atoms with Crippen molar-refractivity contribution in [3.05, 3.63) is 11.9 Å². The number of hydrogen-bond donors (Lipinski definition) is 1. The highest BCUT2D eigenvalue weighted by Crippen LogP contribution is 2.39. The normalized spacial score (nSPS) is 15.6. The molecule has 0 unspecified atom stereocenters. The second-order valence-electron chi connectivity index (χ2n) is 6.13. The molecule has 2 rings (SSSR count). The van der Waals surface area contributed by atoms with E-state index in [0.717, 1.165) is 18.1 Å². The number of rotatable bonds is 5. The quantitative estimate of drug-likeness (QED) is 0.870. The number of nitrogens with one attached hydrogen (secondary N) is 1. The first-order valence-electron chi connectivity index (χ1n) is 6.67. The highest BCUT2D eigenvalue weighted by atomic mass is 16.5. The SMILES string of the molecule is CNc1cc(OCCC(C)(C)C)nc(C2CC2)n1. The van der Waals surface area contributed by atoms with E-state index in [9.17, 15) is 0 Å². The highest BCUT2D eigenvalue weighted by Gasteiger charge is 2.27. The van der Waals surface area contributed by atoms with E-state index in [1.807, 2.05) is 13.1 Å². The van der Waals surface area contributed by atoms with Crippen LogP contribution in [0.25, 0.3) is 0 Å². The van der Waals surface area contributed by atoms with E-state index in [2.05, 4.69) is 36.1 Å². The molecule has 1 N–H and O–H groups in total. The molecule has 0 amide bonds. The Balaban J connectivity index is 2.00. The van der Waals surface area contributed by atoms with E-state index < -0.39 is 0 Å². The molecule has 100 valence electrons. The van der Waals surface area contributed by atoms with Crippen molar-refractivity contribution in [3.8, 4) is 5.88 Å². The molecule has 1 aliphatic rings. The number of nitrogens with zero attached hydrogens (tertiary/aromatic N) is 2. The second-order valence-corrected chi connectivity index (χ2v) is 6.13. The first kappa shape index (κ1) is 13.1. The van der Waals surface area contributed by atoms with Crippen molar-refractivity contribution in [1.29, 1.82) is 0 Å². The van der Waals surface area contributed by atoms with Gasteiger partial charge in [0.1, 0.15) is 11.6 Å². The summed E-state index contributed by atoms with van der Waals surface area (Å²) in [5.41, 5.74) is 0.290. The Morgan fingerprint density at radius 3 is 2.61 bits per heavy atom. The third kappa shape index (κ3) is 3.86. The van der Waals surface area contributed by atoms with E-state index >= 15 is 0 Å². The van der Waals surface area contributed by atoms with Gasteiger partial charge in [-0.15, -0.1) is 0 Å². The number of hydrogen-bond acceptors (Lipinski definition) is 4. The molecule has 1 aromatic heterocycles. The molecule has 0 bridgehead atoms. The van der Waals surface area contributed by atoms with Crippen LogP contribution in [0.4, 0.5) is 5.82 Å². The van der Waals surface area contributed by atoms with Gasteiger partial charge in [-0.1, -0.05) is 20.8 Å². The largest absolute Gasteiger partial charge is 0.478 e.